The molecule has 2 heterocycles. The summed E-state index contributed by atoms with van der Waals surface area (Å²) in [5.74, 6) is -0.541. The van der Waals surface area contributed by atoms with Gasteiger partial charge in [-0.25, -0.2) is 9.78 Å². The Morgan fingerprint density at radius 1 is 1.19 bits per heavy atom. The van der Waals surface area contributed by atoms with E-state index in [0.29, 0.717) is 11.3 Å². The maximum atomic E-state index is 12.4. The molecule has 2 aromatic heterocycles. The first-order chi connectivity index (χ1) is 12.3. The lowest BCUT2D eigenvalue weighted by atomic mass is 10.2. The Morgan fingerprint density at radius 3 is 2.58 bits per heavy atom. The van der Waals surface area contributed by atoms with Gasteiger partial charge in [0.1, 0.15) is 17.4 Å². The summed E-state index contributed by atoms with van der Waals surface area (Å²) >= 11 is 5.94. The molecule has 0 atom stereocenters. The van der Waals surface area contributed by atoms with E-state index >= 15 is 0 Å². The third-order valence-electron chi connectivity index (χ3n) is 3.88. The number of hydrogen-bond acceptors (Lipinski definition) is 5. The fourth-order valence-corrected chi connectivity index (χ4v) is 2.68. The van der Waals surface area contributed by atoms with Gasteiger partial charge in [-0.05, 0) is 30.3 Å². The van der Waals surface area contributed by atoms with E-state index < -0.39 is 17.2 Å². The molecule has 0 unspecified atom stereocenters. The van der Waals surface area contributed by atoms with E-state index in [0.717, 1.165) is 4.57 Å². The van der Waals surface area contributed by atoms with Crippen LogP contribution in [-0.2, 0) is 14.1 Å². The molecule has 130 valence electrons. The number of halogens is 1. The Labute approximate surface area is 151 Å². The highest BCUT2D eigenvalue weighted by Gasteiger charge is 2.14. The Bertz CT molecular complexity index is 1220. The molecule has 1 aromatic carbocycles. The van der Waals surface area contributed by atoms with Gasteiger partial charge in [-0.1, -0.05) is 11.6 Å². The predicted molar refractivity (Wildman–Crippen MR) is 96.3 cm³/mol. The van der Waals surface area contributed by atoms with Crippen molar-refractivity contribution in [2.24, 2.45) is 14.1 Å². The van der Waals surface area contributed by atoms with Gasteiger partial charge in [0.05, 0.1) is 16.0 Å². The van der Waals surface area contributed by atoms with E-state index in [2.05, 4.69) is 10.3 Å². The molecule has 0 aliphatic rings. The number of fused-ring (bicyclic) bond motifs is 1. The number of hydrogen-bond donors (Lipinski definition) is 1. The first-order valence-corrected chi connectivity index (χ1v) is 7.79. The highest BCUT2D eigenvalue weighted by molar-refractivity contribution is 6.32. The Morgan fingerprint density at radius 2 is 1.92 bits per heavy atom. The van der Waals surface area contributed by atoms with Crippen LogP contribution in [0.2, 0.25) is 5.02 Å². The van der Waals surface area contributed by atoms with Crippen LogP contribution in [0.25, 0.3) is 11.0 Å². The molecule has 0 aliphatic carbocycles. The molecule has 0 spiro atoms. The molecule has 0 saturated heterocycles. The largest absolute Gasteiger partial charge is 0.332 e. The normalized spacial score (nSPS) is 10.5. The SMILES string of the molecule is Cn1c(=O)c2ccc(C(=O)Nc3ccc(C#N)c(Cl)c3)nc2n(C)c1=O. The quantitative estimate of drug-likeness (QED) is 0.734. The summed E-state index contributed by atoms with van der Waals surface area (Å²) < 4.78 is 2.18. The molecular formula is C17H12ClN5O3. The minimum atomic E-state index is -0.541. The summed E-state index contributed by atoms with van der Waals surface area (Å²) in [5, 5.41) is 11.9. The van der Waals surface area contributed by atoms with Crippen molar-refractivity contribution >= 4 is 34.2 Å². The lowest BCUT2D eigenvalue weighted by Crippen LogP contribution is -2.37. The third kappa shape index (κ3) is 2.85. The van der Waals surface area contributed by atoms with Crippen molar-refractivity contribution in [2.45, 2.75) is 0 Å². The second-order valence-electron chi connectivity index (χ2n) is 5.53. The van der Waals surface area contributed by atoms with Gasteiger partial charge in [-0.2, -0.15) is 5.26 Å². The van der Waals surface area contributed by atoms with Gasteiger partial charge >= 0.3 is 5.69 Å². The molecular weight excluding hydrogens is 358 g/mol. The van der Waals surface area contributed by atoms with Crippen LogP contribution in [0.1, 0.15) is 16.1 Å². The topological polar surface area (TPSA) is 110 Å². The monoisotopic (exact) mass is 369 g/mol. The van der Waals surface area contributed by atoms with Crippen LogP contribution < -0.4 is 16.6 Å². The number of pyridine rings is 1. The van der Waals surface area contributed by atoms with Gasteiger partial charge in [0, 0.05) is 19.8 Å². The summed E-state index contributed by atoms with van der Waals surface area (Å²) in [4.78, 5) is 40.7. The fourth-order valence-electron chi connectivity index (χ4n) is 2.46. The van der Waals surface area contributed by atoms with E-state index in [1.165, 1.54) is 49.0 Å². The number of nitrogens with one attached hydrogen (secondary N) is 1. The lowest BCUT2D eigenvalue weighted by molar-refractivity contribution is 0.102. The minimum absolute atomic E-state index is 0.0289. The molecule has 1 amide bonds. The first-order valence-electron chi connectivity index (χ1n) is 7.41. The number of carbonyl (C=O) groups excluding carboxylic acids is 1. The number of carbonyl (C=O) groups is 1. The molecule has 0 fully saturated rings. The van der Waals surface area contributed by atoms with Gasteiger partial charge < -0.3 is 5.32 Å². The van der Waals surface area contributed by atoms with E-state index in [-0.39, 0.29) is 21.7 Å². The Kier molecular flexibility index (Phi) is 4.32. The van der Waals surface area contributed by atoms with E-state index in [4.69, 9.17) is 16.9 Å². The average Bonchev–Trinajstić information content (AvgIpc) is 2.64. The van der Waals surface area contributed by atoms with Gasteiger partial charge in [-0.3, -0.25) is 18.7 Å². The van der Waals surface area contributed by atoms with Crippen molar-refractivity contribution in [1.29, 1.82) is 5.26 Å². The fraction of sp³-hybridized carbons (Fsp3) is 0.118. The molecule has 3 aromatic rings. The smallest absolute Gasteiger partial charge is 0.321 e. The van der Waals surface area contributed by atoms with Crippen LogP contribution in [0.4, 0.5) is 5.69 Å². The van der Waals surface area contributed by atoms with Gasteiger partial charge in [-0.15, -0.1) is 0 Å². The summed E-state index contributed by atoms with van der Waals surface area (Å²) in [6.45, 7) is 0. The molecule has 0 bridgehead atoms. The molecule has 8 nitrogen and oxygen atoms in total. The standard InChI is InChI=1S/C17H12ClN5O3/c1-22-14-11(16(25)23(2)17(22)26)5-6-13(21-14)15(24)20-10-4-3-9(8-19)12(18)7-10/h3-7H,1-2H3,(H,20,24). The second-order valence-corrected chi connectivity index (χ2v) is 5.94. The number of benzene rings is 1. The zero-order chi connectivity index (χ0) is 19.0. The molecule has 26 heavy (non-hydrogen) atoms. The number of rotatable bonds is 2. The van der Waals surface area contributed by atoms with E-state index in [1.807, 2.05) is 6.07 Å². The van der Waals surface area contributed by atoms with Gasteiger partial charge in [0.2, 0.25) is 0 Å². The summed E-state index contributed by atoms with van der Waals surface area (Å²) in [6, 6.07) is 9.25. The number of anilines is 1. The Balaban J connectivity index is 2.02. The van der Waals surface area contributed by atoms with Crippen LogP contribution in [-0.4, -0.2) is 20.0 Å². The third-order valence-corrected chi connectivity index (χ3v) is 4.19. The molecule has 0 saturated carbocycles. The number of nitrogens with zero attached hydrogens (tertiary/aromatic N) is 4. The summed E-state index contributed by atoms with van der Waals surface area (Å²) in [5.41, 5.74) is -0.198. The lowest BCUT2D eigenvalue weighted by Gasteiger charge is -2.09. The van der Waals surface area contributed by atoms with Crippen LogP contribution in [0.3, 0.4) is 0 Å². The Hall–Kier alpha value is -3.44. The van der Waals surface area contributed by atoms with E-state index in [1.54, 1.807) is 0 Å². The van der Waals surface area contributed by atoms with Crippen LogP contribution in [0.15, 0.2) is 39.9 Å². The highest BCUT2D eigenvalue weighted by atomic mass is 35.5. The molecule has 0 aliphatic heterocycles. The van der Waals surface area contributed by atoms with Crippen molar-refractivity contribution in [1.82, 2.24) is 14.1 Å². The van der Waals surface area contributed by atoms with Crippen molar-refractivity contribution in [3.05, 3.63) is 67.4 Å². The van der Waals surface area contributed by atoms with Gasteiger partial charge in [0.25, 0.3) is 11.5 Å². The average molecular weight is 370 g/mol. The second kappa shape index (κ2) is 6.46. The van der Waals surface area contributed by atoms with Crippen molar-refractivity contribution in [3.63, 3.8) is 0 Å². The number of aryl methyl sites for hydroxylation is 1. The van der Waals surface area contributed by atoms with Crippen molar-refractivity contribution in [2.75, 3.05) is 5.32 Å². The summed E-state index contributed by atoms with van der Waals surface area (Å²) in [7, 11) is 2.85. The minimum Gasteiger partial charge on any atom is -0.321 e. The maximum Gasteiger partial charge on any atom is 0.332 e. The number of amides is 1. The summed E-state index contributed by atoms with van der Waals surface area (Å²) in [6.07, 6.45) is 0. The number of nitriles is 1. The molecule has 0 radical (unpaired) electrons. The maximum absolute atomic E-state index is 12.4. The van der Waals surface area contributed by atoms with Crippen LogP contribution in [0, 0.1) is 11.3 Å². The van der Waals surface area contributed by atoms with Crippen LogP contribution in [0.5, 0.6) is 0 Å². The highest BCUT2D eigenvalue weighted by Crippen LogP contribution is 2.20. The molecule has 3 rings (SSSR count). The van der Waals surface area contributed by atoms with Gasteiger partial charge in [0.15, 0.2) is 0 Å². The van der Waals surface area contributed by atoms with Crippen molar-refractivity contribution in [3.8, 4) is 6.07 Å². The first kappa shape index (κ1) is 17.4. The zero-order valence-electron chi connectivity index (χ0n) is 13.8. The predicted octanol–water partition coefficient (Wildman–Crippen LogP) is 1.41. The van der Waals surface area contributed by atoms with Crippen LogP contribution >= 0.6 is 11.6 Å². The molecule has 1 N–H and O–H groups in total. The molecule has 9 heteroatoms. The zero-order valence-corrected chi connectivity index (χ0v) is 14.5. The van der Waals surface area contributed by atoms with Crippen molar-refractivity contribution < 1.29 is 4.79 Å². The van der Waals surface area contributed by atoms with E-state index in [9.17, 15) is 14.4 Å². The number of aromatic nitrogens is 3.